The van der Waals surface area contributed by atoms with Gasteiger partial charge in [-0.25, -0.2) is 0 Å². The summed E-state index contributed by atoms with van der Waals surface area (Å²) < 4.78 is 4.52. The average molecular weight is 267 g/mol. The molecule has 1 aromatic rings. The van der Waals surface area contributed by atoms with Gasteiger partial charge in [0, 0.05) is 18.3 Å². The van der Waals surface area contributed by atoms with E-state index in [0.717, 1.165) is 11.3 Å². The lowest BCUT2D eigenvalue weighted by Crippen LogP contribution is -2.33. The van der Waals surface area contributed by atoms with E-state index in [1.165, 1.54) is 7.11 Å². The molecule has 0 fully saturated rings. The topological polar surface area (TPSA) is 65.2 Å². The second kappa shape index (κ2) is 8.33. The summed E-state index contributed by atoms with van der Waals surface area (Å²) in [6.45, 7) is 1.96. The lowest BCUT2D eigenvalue weighted by atomic mass is 10.1. The van der Waals surface area contributed by atoms with E-state index in [1.54, 1.807) is 6.20 Å². The van der Waals surface area contributed by atoms with E-state index in [2.05, 4.69) is 9.72 Å². The van der Waals surface area contributed by atoms with Crippen molar-refractivity contribution in [3.63, 3.8) is 0 Å². The Labute approximate surface area is 107 Å². The van der Waals surface area contributed by atoms with Gasteiger partial charge in [0.2, 0.25) is 0 Å². The maximum atomic E-state index is 11.0. The van der Waals surface area contributed by atoms with Crippen LogP contribution in [0, 0.1) is 6.92 Å². The number of nitrogens with zero attached hydrogens (tertiary/aromatic N) is 1. The molecular weight excluding hydrogens is 251 g/mol. The Kier molecular flexibility index (Phi) is 9.14. The second-order valence-electron chi connectivity index (χ2n) is 3.16. The van der Waals surface area contributed by atoms with E-state index < -0.39 is 12.0 Å². The molecule has 1 aromatic heterocycles. The molecule has 0 radical (unpaired) electrons. The summed E-state index contributed by atoms with van der Waals surface area (Å²) in [6.07, 6.45) is 2.16. The zero-order chi connectivity index (χ0) is 10.6. The minimum atomic E-state index is -0.629. The lowest BCUT2D eigenvalue weighted by molar-refractivity contribution is -0.142. The number of esters is 1. The van der Waals surface area contributed by atoms with Crippen LogP contribution in [0.3, 0.4) is 0 Å². The van der Waals surface area contributed by atoms with E-state index in [-0.39, 0.29) is 24.8 Å². The van der Waals surface area contributed by atoms with Gasteiger partial charge in [0.1, 0.15) is 6.04 Å². The summed E-state index contributed by atoms with van der Waals surface area (Å²) in [5.74, 6) is -0.410. The standard InChI is InChI=1S/C10H14N2O2.2ClH/c1-7-3-4-8(12-6-7)5-9(11)10(13)14-2;;/h3-4,6,9H,5,11H2,1-2H3;2*1H. The molecule has 16 heavy (non-hydrogen) atoms. The van der Waals surface area contributed by atoms with E-state index >= 15 is 0 Å². The number of carbonyl (C=O) groups is 1. The molecule has 0 aromatic carbocycles. The molecule has 1 unspecified atom stereocenters. The molecule has 0 aliphatic rings. The number of halogens is 2. The first-order valence-electron chi connectivity index (χ1n) is 4.38. The molecule has 6 heteroatoms. The molecule has 0 spiro atoms. The highest BCUT2D eigenvalue weighted by molar-refractivity contribution is 5.85. The van der Waals surface area contributed by atoms with Crippen LogP contribution in [0.25, 0.3) is 0 Å². The number of methoxy groups -OCH3 is 1. The van der Waals surface area contributed by atoms with E-state index in [0.29, 0.717) is 6.42 Å². The average Bonchev–Trinajstić information content (AvgIpc) is 2.20. The predicted molar refractivity (Wildman–Crippen MR) is 67.2 cm³/mol. The van der Waals surface area contributed by atoms with Crippen molar-refractivity contribution in [1.29, 1.82) is 0 Å². The van der Waals surface area contributed by atoms with Crippen LogP contribution in [-0.2, 0) is 16.0 Å². The molecule has 0 aliphatic heterocycles. The number of hydrogen-bond acceptors (Lipinski definition) is 4. The van der Waals surface area contributed by atoms with E-state index in [4.69, 9.17) is 5.73 Å². The monoisotopic (exact) mass is 266 g/mol. The number of hydrogen-bond donors (Lipinski definition) is 1. The number of carbonyl (C=O) groups excluding carboxylic acids is 1. The molecule has 2 N–H and O–H groups in total. The Bertz CT molecular complexity index is 317. The molecule has 0 saturated carbocycles. The first-order chi connectivity index (χ1) is 6.63. The number of ether oxygens (including phenoxy) is 1. The Balaban J connectivity index is 0. The van der Waals surface area contributed by atoms with Crippen molar-refractivity contribution in [2.75, 3.05) is 7.11 Å². The van der Waals surface area contributed by atoms with Gasteiger partial charge in [0.25, 0.3) is 0 Å². The summed E-state index contributed by atoms with van der Waals surface area (Å²) in [7, 11) is 1.32. The number of rotatable bonds is 3. The molecule has 1 rings (SSSR count). The fourth-order valence-electron chi connectivity index (χ4n) is 1.08. The third kappa shape index (κ3) is 5.30. The number of nitrogens with two attached hydrogens (primary N) is 1. The molecular formula is C10H16Cl2N2O2. The van der Waals surface area contributed by atoms with Gasteiger partial charge in [-0.3, -0.25) is 9.78 Å². The van der Waals surface area contributed by atoms with Crippen molar-refractivity contribution in [1.82, 2.24) is 4.98 Å². The minimum Gasteiger partial charge on any atom is -0.468 e. The smallest absolute Gasteiger partial charge is 0.323 e. The van der Waals surface area contributed by atoms with Crippen molar-refractivity contribution in [2.24, 2.45) is 5.73 Å². The van der Waals surface area contributed by atoms with Gasteiger partial charge in [-0.05, 0) is 18.6 Å². The van der Waals surface area contributed by atoms with Gasteiger partial charge in [-0.2, -0.15) is 0 Å². The Morgan fingerprint density at radius 1 is 1.50 bits per heavy atom. The highest BCUT2D eigenvalue weighted by atomic mass is 35.5. The summed E-state index contributed by atoms with van der Waals surface area (Å²) in [5.41, 5.74) is 7.47. The highest BCUT2D eigenvalue weighted by Gasteiger charge is 2.14. The molecule has 0 aliphatic carbocycles. The zero-order valence-electron chi connectivity index (χ0n) is 9.17. The number of aromatic nitrogens is 1. The van der Waals surface area contributed by atoms with E-state index in [9.17, 15) is 4.79 Å². The minimum absolute atomic E-state index is 0. The van der Waals surface area contributed by atoms with Crippen LogP contribution in [0.15, 0.2) is 18.3 Å². The first kappa shape index (κ1) is 17.6. The quantitative estimate of drug-likeness (QED) is 0.838. The molecule has 4 nitrogen and oxygen atoms in total. The van der Waals surface area contributed by atoms with Gasteiger partial charge in [0.15, 0.2) is 0 Å². The van der Waals surface area contributed by atoms with Crippen LogP contribution >= 0.6 is 24.8 Å². The van der Waals surface area contributed by atoms with Gasteiger partial charge in [0.05, 0.1) is 7.11 Å². The highest BCUT2D eigenvalue weighted by Crippen LogP contribution is 2.01. The van der Waals surface area contributed by atoms with Gasteiger partial charge in [-0.1, -0.05) is 6.07 Å². The Morgan fingerprint density at radius 2 is 2.12 bits per heavy atom. The van der Waals surface area contributed by atoms with Crippen LogP contribution in [0.1, 0.15) is 11.3 Å². The normalized spacial score (nSPS) is 10.7. The molecule has 1 atom stereocenters. The second-order valence-corrected chi connectivity index (χ2v) is 3.16. The molecule has 0 bridgehead atoms. The molecule has 1 heterocycles. The van der Waals surface area contributed by atoms with Crippen LogP contribution in [0.2, 0.25) is 0 Å². The van der Waals surface area contributed by atoms with E-state index in [1.807, 2.05) is 19.1 Å². The fourth-order valence-corrected chi connectivity index (χ4v) is 1.08. The van der Waals surface area contributed by atoms with Crippen molar-refractivity contribution < 1.29 is 9.53 Å². The third-order valence-electron chi connectivity index (χ3n) is 1.91. The van der Waals surface area contributed by atoms with Crippen molar-refractivity contribution in [2.45, 2.75) is 19.4 Å². The zero-order valence-corrected chi connectivity index (χ0v) is 10.8. The van der Waals surface area contributed by atoms with Crippen molar-refractivity contribution >= 4 is 30.8 Å². The summed E-state index contributed by atoms with van der Waals surface area (Å²) >= 11 is 0. The van der Waals surface area contributed by atoms with Crippen LogP contribution in [0.4, 0.5) is 0 Å². The molecule has 0 amide bonds. The Hall–Kier alpha value is -0.840. The largest absolute Gasteiger partial charge is 0.468 e. The summed E-state index contributed by atoms with van der Waals surface area (Å²) in [6, 6.07) is 3.17. The van der Waals surface area contributed by atoms with Crippen LogP contribution < -0.4 is 5.73 Å². The summed E-state index contributed by atoms with van der Waals surface area (Å²) in [5, 5.41) is 0. The molecule has 0 saturated heterocycles. The van der Waals surface area contributed by atoms with Crippen LogP contribution in [-0.4, -0.2) is 24.1 Å². The number of aryl methyl sites for hydroxylation is 1. The lowest BCUT2D eigenvalue weighted by Gasteiger charge is -2.08. The maximum Gasteiger partial charge on any atom is 0.323 e. The predicted octanol–water partition coefficient (Wildman–Crippen LogP) is 1.28. The van der Waals surface area contributed by atoms with Crippen molar-refractivity contribution in [3.8, 4) is 0 Å². The maximum absolute atomic E-state index is 11.0. The van der Waals surface area contributed by atoms with Crippen LogP contribution in [0.5, 0.6) is 0 Å². The van der Waals surface area contributed by atoms with Gasteiger partial charge >= 0.3 is 5.97 Å². The first-order valence-corrected chi connectivity index (χ1v) is 4.38. The molecule has 92 valence electrons. The Morgan fingerprint density at radius 3 is 2.56 bits per heavy atom. The SMILES string of the molecule is COC(=O)C(N)Cc1ccc(C)cn1.Cl.Cl. The summed E-state index contributed by atoms with van der Waals surface area (Å²) in [4.78, 5) is 15.2. The third-order valence-corrected chi connectivity index (χ3v) is 1.91. The van der Waals surface area contributed by atoms with Crippen molar-refractivity contribution in [3.05, 3.63) is 29.6 Å². The number of pyridine rings is 1. The van der Waals surface area contributed by atoms with Gasteiger partial charge < -0.3 is 10.5 Å². The fraction of sp³-hybridized carbons (Fsp3) is 0.400. The van der Waals surface area contributed by atoms with Gasteiger partial charge in [-0.15, -0.1) is 24.8 Å².